The van der Waals surface area contributed by atoms with Gasteiger partial charge in [-0.25, -0.2) is 15.2 Å². The van der Waals surface area contributed by atoms with Crippen LogP contribution in [0.4, 0.5) is 10.1 Å². The fourth-order valence-corrected chi connectivity index (χ4v) is 1.12. The van der Waals surface area contributed by atoms with E-state index in [2.05, 4.69) is 10.9 Å². The normalized spacial score (nSPS) is 15.2. The lowest BCUT2D eigenvalue weighted by Crippen LogP contribution is -2.33. The molecule has 0 amide bonds. The number of ketones is 1. The Morgan fingerprint density at radius 2 is 2.33 bits per heavy atom. The van der Waals surface area contributed by atoms with Crippen LogP contribution in [-0.2, 0) is 0 Å². The third kappa shape index (κ3) is 1.06. The molecule has 1 aliphatic heterocycles. The van der Waals surface area contributed by atoms with Gasteiger partial charge in [0.05, 0.1) is 12.2 Å². The van der Waals surface area contributed by atoms with Gasteiger partial charge in [0.1, 0.15) is 5.82 Å². The molecule has 61 valence electrons. The standard InChI is InChI=1S/C8H6FN2O/c9-5-1-2-7-6(3-5)8(12)4-10-11-7/h1-3,10H,4H2. The van der Waals surface area contributed by atoms with Crippen LogP contribution in [0.1, 0.15) is 10.4 Å². The van der Waals surface area contributed by atoms with Crippen LogP contribution in [0.2, 0.25) is 0 Å². The van der Waals surface area contributed by atoms with Crippen molar-refractivity contribution in [1.82, 2.24) is 10.9 Å². The molecule has 0 fully saturated rings. The molecular formula is C8H6FN2O. The number of hydrogen-bond donors (Lipinski definition) is 1. The molecule has 0 atom stereocenters. The Kier molecular flexibility index (Phi) is 1.55. The molecule has 0 saturated heterocycles. The first-order chi connectivity index (χ1) is 5.77. The number of hydrogen-bond acceptors (Lipinski definition) is 2. The molecule has 1 aromatic carbocycles. The van der Waals surface area contributed by atoms with E-state index in [1.807, 2.05) is 0 Å². The molecule has 4 heteroatoms. The van der Waals surface area contributed by atoms with E-state index in [-0.39, 0.29) is 12.3 Å². The van der Waals surface area contributed by atoms with Gasteiger partial charge < -0.3 is 0 Å². The summed E-state index contributed by atoms with van der Waals surface area (Å²) in [4.78, 5) is 11.1. The SMILES string of the molecule is O=C1CN[N]c2ccc(F)cc21. The number of fused-ring (bicyclic) bond motifs is 1. The Bertz CT molecular complexity index is 338. The fraction of sp³-hybridized carbons (Fsp3) is 0.125. The topological polar surface area (TPSA) is 43.2 Å². The van der Waals surface area contributed by atoms with Crippen LogP contribution in [-0.4, -0.2) is 12.3 Å². The Hall–Kier alpha value is -1.42. The summed E-state index contributed by atoms with van der Waals surface area (Å²) in [6, 6.07) is 3.97. The molecule has 0 spiro atoms. The fourth-order valence-electron chi connectivity index (χ4n) is 1.12. The monoisotopic (exact) mass is 165 g/mol. The zero-order valence-corrected chi connectivity index (χ0v) is 6.17. The van der Waals surface area contributed by atoms with Crippen molar-refractivity contribution < 1.29 is 9.18 Å². The summed E-state index contributed by atoms with van der Waals surface area (Å²) < 4.78 is 12.7. The number of nitrogens with one attached hydrogen (secondary N) is 1. The number of nitrogens with zero attached hydrogens (tertiary/aromatic N) is 1. The maximum absolute atomic E-state index is 12.7. The van der Waals surface area contributed by atoms with E-state index in [9.17, 15) is 9.18 Å². The van der Waals surface area contributed by atoms with Crippen LogP contribution in [0.15, 0.2) is 18.2 Å². The van der Waals surface area contributed by atoms with Gasteiger partial charge in [-0.2, -0.15) is 0 Å². The van der Waals surface area contributed by atoms with Crippen LogP contribution in [0.25, 0.3) is 0 Å². The maximum atomic E-state index is 12.7. The minimum absolute atomic E-state index is 0.125. The van der Waals surface area contributed by atoms with Gasteiger partial charge in [-0.3, -0.25) is 4.79 Å². The summed E-state index contributed by atoms with van der Waals surface area (Å²) in [5.74, 6) is -0.529. The second-order valence-corrected chi connectivity index (χ2v) is 2.53. The highest BCUT2D eigenvalue weighted by atomic mass is 19.1. The van der Waals surface area contributed by atoms with Crippen LogP contribution in [0, 0.1) is 5.82 Å². The average Bonchev–Trinajstić information content (AvgIpc) is 2.07. The van der Waals surface area contributed by atoms with Gasteiger partial charge in [-0.15, -0.1) is 0 Å². The van der Waals surface area contributed by atoms with Gasteiger partial charge in [0.15, 0.2) is 5.78 Å². The average molecular weight is 165 g/mol. The van der Waals surface area contributed by atoms with E-state index in [0.717, 1.165) is 0 Å². The van der Waals surface area contributed by atoms with E-state index >= 15 is 0 Å². The Morgan fingerprint density at radius 1 is 1.50 bits per heavy atom. The zero-order chi connectivity index (χ0) is 8.55. The number of carbonyl (C=O) groups excluding carboxylic acids is 1. The number of halogens is 1. The van der Waals surface area contributed by atoms with Crippen molar-refractivity contribution in [3.63, 3.8) is 0 Å². The van der Waals surface area contributed by atoms with Crippen molar-refractivity contribution in [2.24, 2.45) is 0 Å². The van der Waals surface area contributed by atoms with Crippen LogP contribution in [0.5, 0.6) is 0 Å². The summed E-state index contributed by atoms with van der Waals surface area (Å²) in [6.45, 7) is 0.149. The Balaban J connectivity index is 2.54. The molecule has 0 bridgehead atoms. The van der Waals surface area contributed by atoms with Gasteiger partial charge >= 0.3 is 0 Å². The van der Waals surface area contributed by atoms with Crippen molar-refractivity contribution in [3.8, 4) is 0 Å². The molecule has 3 nitrogen and oxygen atoms in total. The summed E-state index contributed by atoms with van der Waals surface area (Å²) in [5.41, 5.74) is 7.27. The molecular weight excluding hydrogens is 159 g/mol. The first-order valence-corrected chi connectivity index (χ1v) is 3.54. The predicted molar refractivity (Wildman–Crippen MR) is 40.5 cm³/mol. The van der Waals surface area contributed by atoms with E-state index in [4.69, 9.17) is 0 Å². The zero-order valence-electron chi connectivity index (χ0n) is 6.17. The van der Waals surface area contributed by atoms with Crippen LogP contribution >= 0.6 is 0 Å². The first kappa shape index (κ1) is 7.24. The molecule has 1 heterocycles. The van der Waals surface area contributed by atoms with Crippen LogP contribution in [0.3, 0.4) is 0 Å². The summed E-state index contributed by atoms with van der Waals surface area (Å²) >= 11 is 0. The van der Waals surface area contributed by atoms with Crippen molar-refractivity contribution >= 4 is 11.5 Å². The highest BCUT2D eigenvalue weighted by molar-refractivity contribution is 6.02. The van der Waals surface area contributed by atoms with E-state index < -0.39 is 5.82 Å². The number of rotatable bonds is 0. The minimum Gasteiger partial charge on any atom is -0.293 e. The smallest absolute Gasteiger partial charge is 0.180 e. The van der Waals surface area contributed by atoms with Gasteiger partial charge in [0, 0.05) is 5.56 Å². The second-order valence-electron chi connectivity index (χ2n) is 2.53. The molecule has 0 saturated carbocycles. The molecule has 1 radical (unpaired) electrons. The van der Waals surface area contributed by atoms with E-state index in [1.165, 1.54) is 18.2 Å². The number of carbonyl (C=O) groups is 1. The first-order valence-electron chi connectivity index (χ1n) is 3.54. The second kappa shape index (κ2) is 2.57. The third-order valence-electron chi connectivity index (χ3n) is 1.70. The Morgan fingerprint density at radius 3 is 3.17 bits per heavy atom. The van der Waals surface area contributed by atoms with Gasteiger partial charge in [-0.1, -0.05) is 0 Å². The van der Waals surface area contributed by atoms with Gasteiger partial charge in [0.25, 0.3) is 0 Å². The lowest BCUT2D eigenvalue weighted by molar-refractivity contribution is 0.0980. The van der Waals surface area contributed by atoms with E-state index in [0.29, 0.717) is 11.3 Å². The van der Waals surface area contributed by atoms with Crippen molar-refractivity contribution in [2.45, 2.75) is 0 Å². The highest BCUT2D eigenvalue weighted by Crippen LogP contribution is 2.18. The third-order valence-corrected chi connectivity index (χ3v) is 1.70. The van der Waals surface area contributed by atoms with Crippen molar-refractivity contribution in [1.29, 1.82) is 0 Å². The maximum Gasteiger partial charge on any atom is 0.180 e. The molecule has 2 rings (SSSR count). The quantitative estimate of drug-likeness (QED) is 0.616. The minimum atomic E-state index is -0.404. The molecule has 0 aromatic heterocycles. The van der Waals surface area contributed by atoms with Gasteiger partial charge in [0.2, 0.25) is 0 Å². The van der Waals surface area contributed by atoms with Crippen LogP contribution < -0.4 is 10.9 Å². The lowest BCUT2D eigenvalue weighted by atomic mass is 10.1. The molecule has 0 unspecified atom stereocenters. The molecule has 1 aliphatic rings. The lowest BCUT2D eigenvalue weighted by Gasteiger charge is -2.14. The molecule has 1 N–H and O–H groups in total. The summed E-state index contributed by atoms with van der Waals surface area (Å²) in [5, 5.41) is 0. The number of Topliss-reactive ketones (excluding diaryl/α,β-unsaturated/α-hetero) is 1. The highest BCUT2D eigenvalue weighted by Gasteiger charge is 2.17. The summed E-state index contributed by atoms with van der Waals surface area (Å²) in [7, 11) is 0. The molecule has 0 aliphatic carbocycles. The predicted octanol–water partition coefficient (Wildman–Crippen LogP) is 0.763. The Labute approximate surface area is 68.6 Å². The summed E-state index contributed by atoms with van der Waals surface area (Å²) in [6.07, 6.45) is 0. The van der Waals surface area contributed by atoms with Gasteiger partial charge in [-0.05, 0) is 18.2 Å². The van der Waals surface area contributed by atoms with E-state index in [1.54, 1.807) is 0 Å². The molecule has 12 heavy (non-hydrogen) atoms. The molecule has 1 aromatic rings. The largest absolute Gasteiger partial charge is 0.293 e. The van der Waals surface area contributed by atoms with Crippen molar-refractivity contribution in [3.05, 3.63) is 29.6 Å². The van der Waals surface area contributed by atoms with Crippen molar-refractivity contribution in [2.75, 3.05) is 6.54 Å². The number of benzene rings is 1.